The van der Waals surface area contributed by atoms with Crippen molar-refractivity contribution < 1.29 is 0 Å². The number of thioether (sulfide) groups is 1. The van der Waals surface area contributed by atoms with Crippen LogP contribution in [0.1, 0.15) is 24.3 Å². The summed E-state index contributed by atoms with van der Waals surface area (Å²) in [7, 11) is 0. The van der Waals surface area contributed by atoms with Crippen molar-refractivity contribution in [3.05, 3.63) is 39.6 Å². The molecule has 0 amide bonds. The molecule has 0 atom stereocenters. The monoisotopic (exact) mass is 314 g/mol. The van der Waals surface area contributed by atoms with E-state index >= 15 is 0 Å². The highest BCUT2D eigenvalue weighted by molar-refractivity contribution is 8.17. The number of aliphatic imine (C=N–C) groups is 1. The minimum Gasteiger partial charge on any atom is -0.318 e. The summed E-state index contributed by atoms with van der Waals surface area (Å²) >= 11 is 3.74. The van der Waals surface area contributed by atoms with Crippen molar-refractivity contribution >= 4 is 44.0 Å². The Morgan fingerprint density at radius 2 is 2.10 bits per heavy atom. The van der Waals surface area contributed by atoms with E-state index in [1.165, 1.54) is 36.3 Å². The van der Waals surface area contributed by atoms with Gasteiger partial charge < -0.3 is 4.90 Å². The largest absolute Gasteiger partial charge is 0.318 e. The molecule has 1 aromatic carbocycles. The molecule has 2 nitrogen and oxygen atoms in total. The third kappa shape index (κ3) is 2.12. The van der Waals surface area contributed by atoms with Gasteiger partial charge in [-0.25, -0.2) is 0 Å². The van der Waals surface area contributed by atoms with Crippen molar-refractivity contribution in [2.45, 2.75) is 20.8 Å². The first kappa shape index (κ1) is 13.4. The second kappa shape index (κ2) is 4.89. The molecule has 0 N–H and O–H groups in total. The van der Waals surface area contributed by atoms with E-state index in [0.29, 0.717) is 5.92 Å². The van der Waals surface area contributed by atoms with E-state index in [4.69, 9.17) is 0 Å². The zero-order chi connectivity index (χ0) is 14.6. The Kier molecular flexibility index (Phi) is 3.12. The number of aryl methyl sites for hydroxylation is 1. The predicted molar refractivity (Wildman–Crippen MR) is 94.9 cm³/mol. The van der Waals surface area contributed by atoms with Crippen LogP contribution in [0, 0.1) is 12.8 Å². The molecular weight excluding hydrogens is 296 g/mol. The van der Waals surface area contributed by atoms with Gasteiger partial charge in [-0.1, -0.05) is 37.7 Å². The van der Waals surface area contributed by atoms with Crippen LogP contribution in [0.15, 0.2) is 34.2 Å². The summed E-state index contributed by atoms with van der Waals surface area (Å²) in [6.07, 6.45) is 0. The second-order valence-electron chi connectivity index (χ2n) is 5.90. The maximum atomic E-state index is 4.64. The normalized spacial score (nSPS) is 18.1. The van der Waals surface area contributed by atoms with Gasteiger partial charge in [-0.3, -0.25) is 4.99 Å². The molecule has 0 saturated carbocycles. The van der Waals surface area contributed by atoms with E-state index in [-0.39, 0.29) is 0 Å². The lowest BCUT2D eigenvalue weighted by atomic mass is 10.0. The molecule has 3 heterocycles. The van der Waals surface area contributed by atoms with Crippen molar-refractivity contribution in [2.24, 2.45) is 10.9 Å². The van der Waals surface area contributed by atoms with Crippen molar-refractivity contribution in [1.29, 1.82) is 0 Å². The van der Waals surface area contributed by atoms with Crippen LogP contribution < -0.4 is 0 Å². The van der Waals surface area contributed by atoms with Crippen molar-refractivity contribution in [3.63, 3.8) is 0 Å². The van der Waals surface area contributed by atoms with E-state index in [1.807, 2.05) is 23.1 Å². The first-order valence-electron chi connectivity index (χ1n) is 7.38. The third-order valence-electron chi connectivity index (χ3n) is 3.95. The number of hydrogen-bond donors (Lipinski definition) is 0. The molecule has 0 bridgehead atoms. The Bertz CT molecular complexity index is 783. The van der Waals surface area contributed by atoms with Gasteiger partial charge in [0.05, 0.1) is 12.2 Å². The van der Waals surface area contributed by atoms with Crippen molar-refractivity contribution in [3.8, 4) is 0 Å². The minimum absolute atomic E-state index is 0.541. The number of benzene rings is 1. The summed E-state index contributed by atoms with van der Waals surface area (Å²) in [4.78, 5) is 9.88. The molecular formula is C17H18N2S2. The van der Waals surface area contributed by atoms with Crippen LogP contribution in [0.5, 0.6) is 0 Å². The van der Waals surface area contributed by atoms with Crippen LogP contribution in [-0.4, -0.2) is 23.2 Å². The summed E-state index contributed by atoms with van der Waals surface area (Å²) in [6, 6.07) is 9.16. The Morgan fingerprint density at radius 1 is 1.24 bits per heavy atom. The maximum absolute atomic E-state index is 4.64. The number of thiophene rings is 1. The van der Waals surface area contributed by atoms with E-state index in [9.17, 15) is 0 Å². The van der Waals surface area contributed by atoms with Crippen LogP contribution >= 0.6 is 23.1 Å². The number of hydrogen-bond acceptors (Lipinski definition) is 4. The molecule has 0 unspecified atom stereocenters. The van der Waals surface area contributed by atoms with Gasteiger partial charge in [0.15, 0.2) is 5.17 Å². The molecule has 2 aromatic rings. The number of rotatable bonds is 2. The van der Waals surface area contributed by atoms with Crippen LogP contribution in [0.4, 0.5) is 0 Å². The second-order valence-corrected chi connectivity index (χ2v) is 8.19. The van der Waals surface area contributed by atoms with Gasteiger partial charge >= 0.3 is 0 Å². The molecule has 21 heavy (non-hydrogen) atoms. The summed E-state index contributed by atoms with van der Waals surface area (Å²) in [5.41, 5.74) is 2.73. The highest BCUT2D eigenvalue weighted by Crippen LogP contribution is 2.45. The fourth-order valence-electron chi connectivity index (χ4n) is 3.00. The van der Waals surface area contributed by atoms with Gasteiger partial charge in [0.1, 0.15) is 0 Å². The lowest BCUT2D eigenvalue weighted by Gasteiger charge is -2.18. The van der Waals surface area contributed by atoms with Gasteiger partial charge in [-0.15, -0.1) is 11.3 Å². The van der Waals surface area contributed by atoms with Gasteiger partial charge in [-0.05, 0) is 30.4 Å². The van der Waals surface area contributed by atoms with Crippen molar-refractivity contribution in [2.75, 3.05) is 13.1 Å². The summed E-state index contributed by atoms with van der Waals surface area (Å²) in [5.74, 6) is 0.541. The average molecular weight is 314 g/mol. The molecule has 1 aromatic heterocycles. The zero-order valence-electron chi connectivity index (χ0n) is 12.5. The van der Waals surface area contributed by atoms with E-state index in [1.54, 1.807) is 0 Å². The molecule has 0 saturated heterocycles. The van der Waals surface area contributed by atoms with Crippen LogP contribution in [0.2, 0.25) is 0 Å². The van der Waals surface area contributed by atoms with Gasteiger partial charge in [0, 0.05) is 26.6 Å². The average Bonchev–Trinajstić information content (AvgIpc) is 3.08. The van der Waals surface area contributed by atoms with E-state index < -0.39 is 0 Å². The van der Waals surface area contributed by atoms with E-state index in [2.05, 4.69) is 54.9 Å². The number of fused-ring (bicyclic) bond motifs is 2. The zero-order valence-corrected chi connectivity index (χ0v) is 14.1. The van der Waals surface area contributed by atoms with E-state index in [0.717, 1.165) is 13.1 Å². The molecule has 2 aliphatic heterocycles. The highest BCUT2D eigenvalue weighted by atomic mass is 32.2. The standard InChI is InChI=1S/C17H18N2S2/c1-10(2)16-15(19-7-6-18-17(19)21-16)13-5-4-12-8-11(3)20-14(12)9-13/h4-5,8-10H,6-7H2,1-3H3. The molecule has 0 fully saturated rings. The molecule has 0 radical (unpaired) electrons. The molecule has 4 heteroatoms. The Morgan fingerprint density at radius 3 is 2.90 bits per heavy atom. The van der Waals surface area contributed by atoms with Gasteiger partial charge in [0.25, 0.3) is 0 Å². The molecule has 108 valence electrons. The highest BCUT2D eigenvalue weighted by Gasteiger charge is 2.34. The first-order chi connectivity index (χ1) is 10.1. The quantitative estimate of drug-likeness (QED) is 0.779. The predicted octanol–water partition coefficient (Wildman–Crippen LogP) is 4.95. The molecule has 0 spiro atoms. The number of allylic oxidation sites excluding steroid dienone is 1. The summed E-state index contributed by atoms with van der Waals surface area (Å²) in [5, 5.41) is 2.55. The minimum atomic E-state index is 0.541. The van der Waals surface area contributed by atoms with Crippen LogP contribution in [-0.2, 0) is 0 Å². The number of amidine groups is 1. The Labute approximate surface area is 133 Å². The lowest BCUT2D eigenvalue weighted by molar-refractivity contribution is 0.641. The maximum Gasteiger partial charge on any atom is 0.168 e. The van der Waals surface area contributed by atoms with Gasteiger partial charge in [0.2, 0.25) is 0 Å². The lowest BCUT2D eigenvalue weighted by Crippen LogP contribution is -2.20. The van der Waals surface area contributed by atoms with Crippen LogP contribution in [0.25, 0.3) is 15.8 Å². The topological polar surface area (TPSA) is 15.6 Å². The summed E-state index contributed by atoms with van der Waals surface area (Å²) < 4.78 is 1.38. The molecule has 2 aliphatic rings. The SMILES string of the molecule is Cc1cc2ccc(C3=C(C(C)C)SC4=NCCN43)cc2s1. The smallest absolute Gasteiger partial charge is 0.168 e. The fraction of sp³-hybridized carbons (Fsp3) is 0.353. The molecule has 0 aliphatic carbocycles. The van der Waals surface area contributed by atoms with Gasteiger partial charge in [-0.2, -0.15) is 0 Å². The Hall–Kier alpha value is -1.26. The Balaban J connectivity index is 1.87. The molecule has 4 rings (SSSR count). The summed E-state index contributed by atoms with van der Waals surface area (Å²) in [6.45, 7) is 8.69. The van der Waals surface area contributed by atoms with Crippen molar-refractivity contribution in [1.82, 2.24) is 4.90 Å². The first-order valence-corrected chi connectivity index (χ1v) is 9.01. The fourth-order valence-corrected chi connectivity index (χ4v) is 5.17. The third-order valence-corrected chi connectivity index (χ3v) is 6.38. The number of nitrogens with zero attached hydrogens (tertiary/aromatic N) is 2. The van der Waals surface area contributed by atoms with Crippen LogP contribution in [0.3, 0.4) is 0 Å².